The summed E-state index contributed by atoms with van der Waals surface area (Å²) in [6.45, 7) is 2.15. The van der Waals surface area contributed by atoms with Crippen LogP contribution in [0.15, 0.2) is 193 Å². The third-order valence-corrected chi connectivity index (χ3v) is 12.5. The molecule has 2 saturated heterocycles. The number of carbonyl (C=O) groups is 2. The lowest BCUT2D eigenvalue weighted by Crippen LogP contribution is -2.34. The summed E-state index contributed by atoms with van der Waals surface area (Å²) < 4.78 is 44.6. The van der Waals surface area contributed by atoms with Crippen molar-refractivity contribution in [2.75, 3.05) is 18.1 Å². The summed E-state index contributed by atoms with van der Waals surface area (Å²) in [6.07, 6.45) is -1.40. The van der Waals surface area contributed by atoms with E-state index in [0.717, 1.165) is 44.5 Å². The lowest BCUT2D eigenvalue weighted by atomic mass is 9.77. The van der Waals surface area contributed by atoms with E-state index in [-0.39, 0.29) is 44.0 Å². The summed E-state index contributed by atoms with van der Waals surface area (Å²) in [7, 11) is 0. The Bertz CT molecular complexity index is 2590. The van der Waals surface area contributed by atoms with Gasteiger partial charge in [-0.25, -0.2) is 4.90 Å². The van der Waals surface area contributed by atoms with E-state index >= 15 is 0 Å². The zero-order valence-electron chi connectivity index (χ0n) is 37.9. The fraction of sp³-hybridized carbons (Fsp3) is 0.207. The zero-order chi connectivity index (χ0) is 46.9. The molecular weight excluding hydrogens is 871 g/mol. The van der Waals surface area contributed by atoms with Gasteiger partial charge in [0.15, 0.2) is 0 Å². The van der Waals surface area contributed by atoms with E-state index in [2.05, 4.69) is 0 Å². The van der Waals surface area contributed by atoms with Crippen molar-refractivity contribution in [2.45, 2.75) is 51.8 Å². The van der Waals surface area contributed by atoms with Gasteiger partial charge in [-0.3, -0.25) is 9.59 Å². The van der Waals surface area contributed by atoms with Crippen LogP contribution in [0.4, 0.5) is 5.69 Å². The molecule has 0 radical (unpaired) electrons. The summed E-state index contributed by atoms with van der Waals surface area (Å²) in [5.74, 6) is 0.394. The number of anilines is 1. The minimum absolute atomic E-state index is 0.0355. The monoisotopic (exact) mass is 921 g/mol. The highest BCUT2D eigenvalue weighted by atomic mass is 16.5. The van der Waals surface area contributed by atoms with Crippen LogP contribution in [0.2, 0.25) is 0 Å². The van der Waals surface area contributed by atoms with E-state index in [1.54, 1.807) is 12.1 Å². The highest BCUT2D eigenvalue weighted by Crippen LogP contribution is 2.52. The second-order valence-corrected chi connectivity index (χ2v) is 17.3. The number of fused-ring (bicyclic) bond motifs is 5. The second kappa shape index (κ2) is 21.1. The Morgan fingerprint density at radius 1 is 0.391 bits per heavy atom. The van der Waals surface area contributed by atoms with Crippen LogP contribution in [0.1, 0.15) is 33.4 Å². The number of nitrogens with zero attached hydrogens (tertiary/aromatic N) is 1. The van der Waals surface area contributed by atoms with Crippen LogP contribution in [0.25, 0.3) is 0 Å². The topological polar surface area (TPSA) is 122 Å². The summed E-state index contributed by atoms with van der Waals surface area (Å²) in [6, 6.07) is 57.4. The van der Waals surface area contributed by atoms with Crippen molar-refractivity contribution in [1.82, 2.24) is 0 Å². The van der Waals surface area contributed by atoms with Crippen LogP contribution >= 0.6 is 0 Å². The molecule has 7 aromatic rings. The number of phenols is 1. The maximum absolute atomic E-state index is 14.2. The predicted molar refractivity (Wildman–Crippen MR) is 259 cm³/mol. The number of benzene rings is 7. The minimum Gasteiger partial charge on any atom is -0.508 e. The maximum atomic E-state index is 14.2. The number of imide groups is 1. The first-order valence-corrected chi connectivity index (χ1v) is 23.1. The molecule has 0 aliphatic carbocycles. The summed E-state index contributed by atoms with van der Waals surface area (Å²) in [5, 5.41) is 9.97. The molecule has 0 aromatic heterocycles. The van der Waals surface area contributed by atoms with Crippen molar-refractivity contribution < 1.29 is 47.9 Å². The molecule has 348 valence electrons. The Morgan fingerprint density at radius 2 is 0.725 bits per heavy atom. The Balaban J connectivity index is 0.888. The second-order valence-electron chi connectivity index (χ2n) is 17.3. The molecule has 3 aliphatic rings. The van der Waals surface area contributed by atoms with Gasteiger partial charge in [-0.15, -0.1) is 0 Å². The third kappa shape index (κ3) is 10.7. The minimum atomic E-state index is -0.742. The average molecular weight is 922 g/mol. The van der Waals surface area contributed by atoms with E-state index in [9.17, 15) is 14.7 Å². The van der Waals surface area contributed by atoms with Gasteiger partial charge in [0.1, 0.15) is 55.2 Å². The van der Waals surface area contributed by atoms with Gasteiger partial charge in [-0.2, -0.15) is 0 Å². The lowest BCUT2D eigenvalue weighted by Gasteiger charge is -2.24. The molecule has 2 bridgehead atoms. The molecule has 11 nitrogen and oxygen atoms in total. The van der Waals surface area contributed by atoms with Gasteiger partial charge < -0.3 is 38.3 Å². The summed E-state index contributed by atoms with van der Waals surface area (Å²) in [5.41, 5.74) is 7.74. The number of phenolic OH excluding ortho intramolecular Hbond substituents is 1. The molecule has 4 unspecified atom stereocenters. The quantitative estimate of drug-likeness (QED) is 0.0551. The predicted octanol–water partition coefficient (Wildman–Crippen LogP) is 10.3. The standard InChI is InChI=1S/C58H51NO10/c60-46-23-21-45(22-24-46)59-57(61)53-54(58(59)62)56-52(38-64-32-44-27-49(67-35-41-17-9-3-10-18-41)30-50(28-44)68-36-42-19-11-4-12-20-42)51(55(53)69-56)37-63-31-43-25-47(65-33-39-13-5-1-6-14-39)29-48(26-43)66-34-40-15-7-2-8-16-40/h1-30,53-56,60H,31-38H2. The highest BCUT2D eigenvalue weighted by molar-refractivity contribution is 6.23. The number of hydrogen-bond donors (Lipinski definition) is 1. The first-order valence-electron chi connectivity index (χ1n) is 23.1. The number of aromatic hydroxyl groups is 1. The van der Waals surface area contributed by atoms with Gasteiger partial charge in [0, 0.05) is 12.1 Å². The molecule has 7 aromatic carbocycles. The van der Waals surface area contributed by atoms with Gasteiger partial charge in [0.2, 0.25) is 11.8 Å². The molecule has 4 atom stereocenters. The zero-order valence-corrected chi connectivity index (χ0v) is 37.9. The molecule has 2 fully saturated rings. The number of ether oxygens (including phenoxy) is 7. The van der Waals surface area contributed by atoms with Gasteiger partial charge in [0.25, 0.3) is 0 Å². The van der Waals surface area contributed by atoms with Crippen molar-refractivity contribution >= 4 is 17.5 Å². The van der Waals surface area contributed by atoms with Crippen LogP contribution in [0.3, 0.4) is 0 Å². The molecule has 11 heteroatoms. The van der Waals surface area contributed by atoms with E-state index in [1.165, 1.54) is 17.0 Å². The normalized spacial score (nSPS) is 18.1. The third-order valence-electron chi connectivity index (χ3n) is 12.5. The molecule has 2 amide bonds. The first kappa shape index (κ1) is 45.1. The molecule has 3 heterocycles. The molecule has 10 rings (SSSR count). The molecule has 3 aliphatic heterocycles. The van der Waals surface area contributed by atoms with E-state index in [1.807, 2.05) is 158 Å². The van der Waals surface area contributed by atoms with Gasteiger partial charge in [0.05, 0.1) is 56.2 Å². The van der Waals surface area contributed by atoms with Gasteiger partial charge in [-0.1, -0.05) is 121 Å². The Morgan fingerprint density at radius 3 is 1.06 bits per heavy atom. The van der Waals surface area contributed by atoms with E-state index < -0.39 is 24.0 Å². The molecule has 0 spiro atoms. The Hall–Kier alpha value is -7.70. The fourth-order valence-corrected chi connectivity index (χ4v) is 9.13. The number of rotatable bonds is 21. The number of hydrogen-bond acceptors (Lipinski definition) is 10. The number of carbonyl (C=O) groups excluding carboxylic acids is 2. The smallest absolute Gasteiger partial charge is 0.240 e. The van der Waals surface area contributed by atoms with E-state index in [4.69, 9.17) is 33.2 Å². The van der Waals surface area contributed by atoms with Crippen LogP contribution in [0, 0.1) is 11.8 Å². The highest BCUT2D eigenvalue weighted by Gasteiger charge is 2.65. The van der Waals surface area contributed by atoms with Crippen molar-refractivity contribution in [3.63, 3.8) is 0 Å². The number of amides is 2. The average Bonchev–Trinajstić information content (AvgIpc) is 4.03. The van der Waals surface area contributed by atoms with Gasteiger partial charge in [-0.05, 0) is 93.1 Å². The fourth-order valence-electron chi connectivity index (χ4n) is 9.13. The molecule has 1 N–H and O–H groups in total. The SMILES string of the molecule is O=C1C2C3OC(C(COCc4cc(OCc5ccccc5)cc(OCc5ccccc5)c4)=C3COCc3cc(OCc4ccccc4)cc(OCc4ccccc4)c3)C2C(=O)N1c1ccc(O)cc1. The van der Waals surface area contributed by atoms with Crippen molar-refractivity contribution in [1.29, 1.82) is 0 Å². The van der Waals surface area contributed by atoms with Crippen LogP contribution < -0.4 is 23.8 Å². The molecule has 69 heavy (non-hydrogen) atoms. The summed E-state index contributed by atoms with van der Waals surface area (Å²) in [4.78, 5) is 29.6. The van der Waals surface area contributed by atoms with Crippen molar-refractivity contribution in [3.05, 3.63) is 227 Å². The van der Waals surface area contributed by atoms with Crippen molar-refractivity contribution in [3.8, 4) is 28.7 Å². The van der Waals surface area contributed by atoms with Crippen LogP contribution in [0.5, 0.6) is 28.7 Å². The van der Waals surface area contributed by atoms with Gasteiger partial charge >= 0.3 is 0 Å². The Labute approximate surface area is 401 Å². The maximum Gasteiger partial charge on any atom is 0.240 e. The van der Waals surface area contributed by atoms with Crippen molar-refractivity contribution in [2.24, 2.45) is 11.8 Å². The Kier molecular flexibility index (Phi) is 13.8. The molecule has 0 saturated carbocycles. The molecular formula is C58H51NO10. The largest absolute Gasteiger partial charge is 0.508 e. The summed E-state index contributed by atoms with van der Waals surface area (Å²) >= 11 is 0. The van der Waals surface area contributed by atoms with E-state index in [0.29, 0.717) is 55.1 Å². The van der Waals surface area contributed by atoms with Crippen LogP contribution in [-0.4, -0.2) is 42.3 Å². The lowest BCUT2D eigenvalue weighted by molar-refractivity contribution is -0.124. The first-order chi connectivity index (χ1) is 33.9. The van der Waals surface area contributed by atoms with Crippen LogP contribution in [-0.2, 0) is 63.4 Å².